The fourth-order valence-electron chi connectivity index (χ4n) is 13.0. The molecule has 0 bridgehead atoms. The number of pyridine rings is 3. The van der Waals surface area contributed by atoms with E-state index in [1.54, 1.807) is 83.0 Å². The maximum absolute atomic E-state index is 15.0. The molecule has 35 heteroatoms. The number of anilines is 3. The van der Waals surface area contributed by atoms with Gasteiger partial charge in [0.15, 0.2) is 11.6 Å². The third-order valence-electron chi connectivity index (χ3n) is 18.1. The maximum atomic E-state index is 15.0. The van der Waals surface area contributed by atoms with E-state index in [0.717, 1.165) is 22.2 Å². The standard InChI is InChI=1S/C27H27FN6O5.C22H19FN6O3.C19H15ClFN3O3.C8H13N3O2/c1-27(2,3)39-26(37)33-13-20-24(25(33)36)21(11-19(30-20)23-16(12-29)5-4-6-18(23)28)34-8-7-22(31-34)32-9-10-38-15-17(32)14-35;23-15-3-1-2-13(9-24)20(15)16-8-18(21-17(26-16)10-25-22(21)31)29-5-4-19(27-29)28-6-7-32-12-14(28)11-30;1-19(2,3)27-18(26)24-9-14-16(17(24)25)11(20)7-13(23-14)15-10(8-22)5-4-6-12(15)21;12-5-7-6-13-4-3-11(7)8-1-2-9-10-8/h4-8,11,17,35H,9-10,13-15H2,1-3H3;1-5,8,14,30H,6-7,10-12H2,(H,25,31);4-7H,9H2,1-3H3;1-2,7,12H,3-6H2,(H,9,10)/t17-;14-;;7-/m11.1/s1. The molecule has 3 saturated heterocycles. The molecule has 0 spiro atoms. The Morgan fingerprint density at radius 3 is 1.39 bits per heavy atom. The maximum Gasteiger partial charge on any atom is 0.417 e. The molecule has 3 atom stereocenters. The number of aliphatic hydroxyl groups excluding tert-OH is 3. The summed E-state index contributed by atoms with van der Waals surface area (Å²) in [4.78, 5) is 84.8. The topological polar surface area (TPSA) is 395 Å². The monoisotopic (exact) mass is 1540 g/mol. The van der Waals surface area contributed by atoms with Gasteiger partial charge in [-0.15, -0.1) is 0 Å². The van der Waals surface area contributed by atoms with Crippen molar-refractivity contribution in [3.63, 3.8) is 0 Å². The SMILES string of the molecule is CC(C)(C)OC(=O)N1Cc2nc(-c3c(F)cccc3C#N)cc(-n3ccc(N4CCOC[C@H]4CO)n3)c2C1=O.CC(C)(C)OC(=O)N1Cc2nc(-c3c(F)cccc3C#N)cc(Cl)c2C1=O.N#Cc1cccc(F)c1-c1cc(-n2ccc(N3CCOC[C@H]3CO)n2)c2c(n1)CNC2=O.OC[C@@H]1COCCN1c1ccn[nH]1. The van der Waals surface area contributed by atoms with Gasteiger partial charge in [0.1, 0.15) is 34.5 Å². The zero-order chi connectivity index (χ0) is 79.2. The average molecular weight is 1540 g/mol. The second-order valence-electron chi connectivity index (χ2n) is 27.7. The molecule has 111 heavy (non-hydrogen) atoms. The summed E-state index contributed by atoms with van der Waals surface area (Å²) in [5.41, 5.74) is 1.41. The van der Waals surface area contributed by atoms with Gasteiger partial charge in [0.05, 0.1) is 222 Å². The Hall–Kier alpha value is -12.2. The summed E-state index contributed by atoms with van der Waals surface area (Å²) in [6.45, 7) is 14.8. The molecule has 3 aromatic carbocycles. The van der Waals surface area contributed by atoms with Gasteiger partial charge in [-0.25, -0.2) is 56.9 Å². The van der Waals surface area contributed by atoms with Crippen molar-refractivity contribution in [2.75, 3.05) is 93.8 Å². The van der Waals surface area contributed by atoms with Crippen LogP contribution in [0.1, 0.15) is 106 Å². The second-order valence-corrected chi connectivity index (χ2v) is 28.2. The first-order chi connectivity index (χ1) is 53.2. The first kappa shape index (κ1) is 78.4. The smallest absolute Gasteiger partial charge is 0.417 e. The number of hydrogen-bond donors (Lipinski definition) is 5. The highest BCUT2D eigenvalue weighted by Crippen LogP contribution is 2.39. The van der Waals surface area contributed by atoms with Crippen LogP contribution >= 0.6 is 11.6 Å². The summed E-state index contributed by atoms with van der Waals surface area (Å²) >= 11 is 6.23. The number of ether oxygens (including phenoxy) is 5. The minimum atomic E-state index is -0.833. The molecule has 0 saturated carbocycles. The number of rotatable bonds is 11. The Morgan fingerprint density at radius 2 is 0.964 bits per heavy atom. The molecule has 5 amide bonds. The molecule has 31 nitrogen and oxygen atoms in total. The minimum absolute atomic E-state index is 0.00660. The zero-order valence-corrected chi connectivity index (χ0v) is 61.6. The van der Waals surface area contributed by atoms with Crippen molar-refractivity contribution >= 4 is 59.0 Å². The highest BCUT2D eigenvalue weighted by molar-refractivity contribution is 6.35. The van der Waals surface area contributed by atoms with E-state index >= 15 is 0 Å². The second kappa shape index (κ2) is 33.3. The first-order valence-electron chi connectivity index (χ1n) is 34.9. The van der Waals surface area contributed by atoms with Crippen LogP contribution in [0.3, 0.4) is 0 Å². The third-order valence-corrected chi connectivity index (χ3v) is 18.4. The quantitative estimate of drug-likeness (QED) is 0.0812. The summed E-state index contributed by atoms with van der Waals surface area (Å²) in [5.74, 6) is -1.28. The number of carbonyl (C=O) groups is 5. The number of aliphatic hydroxyl groups is 3. The lowest BCUT2D eigenvalue weighted by molar-refractivity contribution is 0.0230. The molecule has 6 aromatic heterocycles. The molecule has 15 rings (SSSR count). The molecule has 0 unspecified atom stereocenters. The number of H-pyrrole nitrogens is 1. The number of aromatic amines is 1. The number of nitrogens with one attached hydrogen (secondary N) is 2. The van der Waals surface area contributed by atoms with Crippen LogP contribution in [0.2, 0.25) is 5.02 Å². The Kier molecular flexibility index (Phi) is 23.5. The third kappa shape index (κ3) is 16.8. The van der Waals surface area contributed by atoms with Gasteiger partial charge in [-0.1, -0.05) is 29.8 Å². The number of benzene rings is 3. The molecule has 574 valence electrons. The summed E-state index contributed by atoms with van der Waals surface area (Å²) < 4.78 is 73.8. The number of amides is 5. The van der Waals surface area contributed by atoms with Gasteiger partial charge in [0.2, 0.25) is 0 Å². The van der Waals surface area contributed by atoms with E-state index in [4.69, 9.17) is 40.4 Å². The lowest BCUT2D eigenvalue weighted by Crippen LogP contribution is -2.47. The minimum Gasteiger partial charge on any atom is -0.443 e. The Bertz CT molecular complexity index is 5180. The van der Waals surface area contributed by atoms with E-state index in [2.05, 4.69) is 45.6 Å². The largest absolute Gasteiger partial charge is 0.443 e. The van der Waals surface area contributed by atoms with Crippen LogP contribution in [0.5, 0.6) is 0 Å². The Balaban J connectivity index is 0.000000145. The summed E-state index contributed by atoms with van der Waals surface area (Å²) in [5, 5.41) is 75.7. The normalized spacial score (nSPS) is 17.2. The van der Waals surface area contributed by atoms with Gasteiger partial charge in [-0.3, -0.25) is 19.5 Å². The molecule has 0 radical (unpaired) electrons. The fraction of sp³-hybridized carbons (Fsp3) is 0.342. The lowest BCUT2D eigenvalue weighted by Gasteiger charge is -2.34. The Morgan fingerprint density at radius 1 is 0.559 bits per heavy atom. The number of fused-ring (bicyclic) bond motifs is 3. The number of carbonyl (C=O) groups excluding carboxylic acids is 5. The number of nitriles is 3. The van der Waals surface area contributed by atoms with Gasteiger partial charge >= 0.3 is 12.2 Å². The predicted octanol–water partition coefficient (Wildman–Crippen LogP) is 8.33. The van der Waals surface area contributed by atoms with E-state index < -0.39 is 52.7 Å². The summed E-state index contributed by atoms with van der Waals surface area (Å²) in [6, 6.07) is 27.7. The molecule has 3 fully saturated rings. The van der Waals surface area contributed by atoms with Gasteiger partial charge in [0, 0.05) is 50.2 Å². The number of imide groups is 2. The van der Waals surface area contributed by atoms with E-state index in [0.29, 0.717) is 81.3 Å². The molecular formula is C76H74ClF3N18O13. The van der Waals surface area contributed by atoms with Crippen LogP contribution in [0, 0.1) is 51.4 Å². The van der Waals surface area contributed by atoms with Crippen molar-refractivity contribution in [2.45, 2.75) is 90.5 Å². The van der Waals surface area contributed by atoms with E-state index in [-0.39, 0.29) is 147 Å². The molecule has 0 aliphatic carbocycles. The van der Waals surface area contributed by atoms with Gasteiger partial charge in [-0.05, 0) is 96.1 Å². The predicted molar refractivity (Wildman–Crippen MR) is 391 cm³/mol. The van der Waals surface area contributed by atoms with Crippen LogP contribution < -0.4 is 20.0 Å². The number of nitrogens with zero attached hydrogens (tertiary/aromatic N) is 16. The highest BCUT2D eigenvalue weighted by Gasteiger charge is 2.42. The van der Waals surface area contributed by atoms with Crippen LogP contribution in [-0.2, 0) is 43.3 Å². The van der Waals surface area contributed by atoms with E-state index in [9.17, 15) is 63.1 Å². The lowest BCUT2D eigenvalue weighted by atomic mass is 10.0. The van der Waals surface area contributed by atoms with Gasteiger partial charge in [0.25, 0.3) is 17.7 Å². The van der Waals surface area contributed by atoms with Crippen molar-refractivity contribution in [3.8, 4) is 63.4 Å². The van der Waals surface area contributed by atoms with Crippen molar-refractivity contribution in [1.82, 2.24) is 59.8 Å². The number of halogens is 4. The van der Waals surface area contributed by atoms with Crippen LogP contribution in [0.25, 0.3) is 45.1 Å². The fourth-order valence-corrected chi connectivity index (χ4v) is 13.3. The molecule has 6 aliphatic heterocycles. The molecule has 12 heterocycles. The number of morpholine rings is 3. The first-order valence-corrected chi connectivity index (χ1v) is 35.3. The van der Waals surface area contributed by atoms with E-state index in [1.807, 2.05) is 34.1 Å². The van der Waals surface area contributed by atoms with Crippen molar-refractivity contribution in [1.29, 1.82) is 15.8 Å². The van der Waals surface area contributed by atoms with Crippen molar-refractivity contribution in [3.05, 3.63) is 183 Å². The molecule has 9 aromatic rings. The summed E-state index contributed by atoms with van der Waals surface area (Å²) in [7, 11) is 0. The zero-order valence-electron chi connectivity index (χ0n) is 60.8. The highest BCUT2D eigenvalue weighted by atomic mass is 35.5. The van der Waals surface area contributed by atoms with Crippen molar-refractivity contribution < 1.29 is 76.1 Å². The molecule has 5 N–H and O–H groups in total. The Labute approximate surface area is 638 Å². The van der Waals surface area contributed by atoms with Crippen LogP contribution in [0.15, 0.2) is 110 Å². The average Bonchev–Trinajstić information content (AvgIpc) is 1.62. The van der Waals surface area contributed by atoms with Crippen molar-refractivity contribution in [2.24, 2.45) is 0 Å². The van der Waals surface area contributed by atoms with E-state index in [1.165, 1.54) is 71.4 Å². The number of aromatic nitrogens is 9. The van der Waals surface area contributed by atoms with Gasteiger partial charge in [-0.2, -0.15) is 31.1 Å². The van der Waals surface area contributed by atoms with Gasteiger partial charge < -0.3 is 59.0 Å². The summed E-state index contributed by atoms with van der Waals surface area (Å²) in [6.07, 6.45) is 3.40. The molecule has 6 aliphatic rings. The number of hydrogen-bond acceptors (Lipinski definition) is 25. The van der Waals surface area contributed by atoms with Crippen LogP contribution in [0.4, 0.5) is 40.2 Å². The molecular weight excluding hydrogens is 1470 g/mol. The van der Waals surface area contributed by atoms with Crippen LogP contribution in [-0.4, -0.2) is 208 Å².